The summed E-state index contributed by atoms with van der Waals surface area (Å²) in [6, 6.07) is 4.82. The van der Waals surface area contributed by atoms with Crippen LogP contribution < -0.4 is 4.74 Å². The van der Waals surface area contributed by atoms with Crippen LogP contribution in [0.15, 0.2) is 30.5 Å². The first-order chi connectivity index (χ1) is 13.7. The molecule has 0 radical (unpaired) electrons. The van der Waals surface area contributed by atoms with Gasteiger partial charge in [0.25, 0.3) is 0 Å². The van der Waals surface area contributed by atoms with Crippen molar-refractivity contribution >= 4 is 11.9 Å². The summed E-state index contributed by atoms with van der Waals surface area (Å²) in [5.41, 5.74) is 2.22. The smallest absolute Gasteiger partial charge is 0.330 e. The molecule has 1 aromatic carbocycles. The van der Waals surface area contributed by atoms with Gasteiger partial charge in [0.15, 0.2) is 5.78 Å². The van der Waals surface area contributed by atoms with Gasteiger partial charge in [0, 0.05) is 17.8 Å². The molecule has 0 aliphatic rings. The second-order valence-corrected chi connectivity index (χ2v) is 6.28. The van der Waals surface area contributed by atoms with Gasteiger partial charge in [0.2, 0.25) is 0 Å². The molecule has 0 atom stereocenters. The Kier molecular flexibility index (Phi) is 7.55. The topological polar surface area (TPSA) is 53.4 Å². The lowest BCUT2D eigenvalue weighted by atomic mass is 10.1. The lowest BCUT2D eigenvalue weighted by molar-refractivity contribution is -0.168. The predicted octanol–water partition coefficient (Wildman–Crippen LogP) is 4.53. The van der Waals surface area contributed by atoms with Crippen LogP contribution in [0.3, 0.4) is 0 Å². The molecule has 0 saturated heterocycles. The Morgan fingerprint density at radius 2 is 2.07 bits per heavy atom. The molecule has 0 aliphatic heterocycles. The molecule has 2 aromatic rings. The summed E-state index contributed by atoms with van der Waals surface area (Å²) in [7, 11) is 1.39. The molecular weight excluding hydrogens is 392 g/mol. The van der Waals surface area contributed by atoms with E-state index >= 15 is 0 Å². The Morgan fingerprint density at radius 3 is 2.66 bits per heavy atom. The zero-order chi connectivity index (χ0) is 21.6. The van der Waals surface area contributed by atoms with Gasteiger partial charge in [-0.2, -0.15) is 13.9 Å². The summed E-state index contributed by atoms with van der Waals surface area (Å²) in [6.45, 7) is 2.61. The molecule has 0 fully saturated rings. The van der Waals surface area contributed by atoms with Gasteiger partial charge >= 0.3 is 12.3 Å². The summed E-state index contributed by atoms with van der Waals surface area (Å²) in [5.74, 6) is -4.10. The number of aryl methyl sites for hydroxylation is 1. The molecule has 0 spiro atoms. The van der Waals surface area contributed by atoms with E-state index in [-0.39, 0.29) is 12.4 Å². The van der Waals surface area contributed by atoms with Crippen LogP contribution in [0.4, 0.5) is 17.6 Å². The van der Waals surface area contributed by atoms with Crippen LogP contribution in [0.5, 0.6) is 5.75 Å². The monoisotopic (exact) mass is 414 g/mol. The largest absolute Gasteiger partial charge is 0.496 e. The average molecular weight is 414 g/mol. The van der Waals surface area contributed by atoms with E-state index in [4.69, 9.17) is 9.47 Å². The fourth-order valence-electron chi connectivity index (χ4n) is 2.64. The first-order valence-electron chi connectivity index (χ1n) is 8.85. The SMILES string of the molecule is CCn1ncc(C(=O)/C=C/c2ccc(OC)c(COCC(F)(F)C(F)F)c2)c1C. The van der Waals surface area contributed by atoms with Gasteiger partial charge in [-0.05, 0) is 37.6 Å². The van der Waals surface area contributed by atoms with Crippen LogP contribution in [-0.4, -0.2) is 41.6 Å². The summed E-state index contributed by atoms with van der Waals surface area (Å²) in [6.07, 6.45) is 0.635. The number of nitrogens with zero attached hydrogens (tertiary/aromatic N) is 2. The lowest BCUT2D eigenvalue weighted by Gasteiger charge is -2.16. The van der Waals surface area contributed by atoms with Crippen molar-refractivity contribution in [3.05, 3.63) is 52.9 Å². The number of allylic oxidation sites excluding steroid dienone is 1. The van der Waals surface area contributed by atoms with Crippen molar-refractivity contribution < 1.29 is 31.8 Å². The number of halogens is 4. The minimum Gasteiger partial charge on any atom is -0.496 e. The molecule has 158 valence electrons. The van der Waals surface area contributed by atoms with E-state index in [9.17, 15) is 22.4 Å². The Morgan fingerprint density at radius 1 is 1.34 bits per heavy atom. The van der Waals surface area contributed by atoms with Gasteiger partial charge in [0.05, 0.1) is 25.5 Å². The molecule has 0 bridgehead atoms. The predicted molar refractivity (Wildman–Crippen MR) is 99.6 cm³/mol. The highest BCUT2D eigenvalue weighted by atomic mass is 19.3. The minimum atomic E-state index is -4.22. The third-order valence-electron chi connectivity index (χ3n) is 4.27. The fraction of sp³-hybridized carbons (Fsp3) is 0.400. The van der Waals surface area contributed by atoms with E-state index < -0.39 is 19.0 Å². The van der Waals surface area contributed by atoms with E-state index in [0.717, 1.165) is 5.69 Å². The number of ketones is 1. The summed E-state index contributed by atoms with van der Waals surface area (Å²) < 4.78 is 62.0. The number of benzene rings is 1. The molecule has 0 N–H and O–H groups in total. The summed E-state index contributed by atoms with van der Waals surface area (Å²) in [4.78, 5) is 12.4. The second-order valence-electron chi connectivity index (χ2n) is 6.28. The summed E-state index contributed by atoms with van der Waals surface area (Å²) in [5, 5.41) is 4.13. The van der Waals surface area contributed by atoms with E-state index in [1.807, 2.05) is 6.92 Å². The molecule has 0 amide bonds. The van der Waals surface area contributed by atoms with Crippen molar-refractivity contribution in [2.45, 2.75) is 39.3 Å². The zero-order valence-corrected chi connectivity index (χ0v) is 16.3. The minimum absolute atomic E-state index is 0.229. The van der Waals surface area contributed by atoms with Crippen molar-refractivity contribution in [2.75, 3.05) is 13.7 Å². The normalized spacial score (nSPS) is 12.1. The molecule has 0 aliphatic carbocycles. The van der Waals surface area contributed by atoms with Crippen LogP contribution in [-0.2, 0) is 17.9 Å². The van der Waals surface area contributed by atoms with E-state index in [1.54, 1.807) is 35.9 Å². The number of rotatable bonds is 10. The van der Waals surface area contributed by atoms with Gasteiger partial charge in [0.1, 0.15) is 12.4 Å². The Bertz CT molecular complexity index is 879. The molecule has 9 heteroatoms. The molecule has 1 heterocycles. The maximum absolute atomic E-state index is 13.0. The van der Waals surface area contributed by atoms with Crippen LogP contribution in [0, 0.1) is 6.92 Å². The van der Waals surface area contributed by atoms with Crippen molar-refractivity contribution in [3.63, 3.8) is 0 Å². The van der Waals surface area contributed by atoms with Crippen LogP contribution >= 0.6 is 0 Å². The number of carbonyl (C=O) groups excluding carboxylic acids is 1. The Hall–Kier alpha value is -2.68. The van der Waals surface area contributed by atoms with Crippen molar-refractivity contribution in [1.29, 1.82) is 0 Å². The fourth-order valence-corrected chi connectivity index (χ4v) is 2.64. The molecule has 29 heavy (non-hydrogen) atoms. The first kappa shape index (κ1) is 22.6. The molecular formula is C20H22F4N2O3. The van der Waals surface area contributed by atoms with Gasteiger partial charge in [-0.3, -0.25) is 9.48 Å². The number of hydrogen-bond acceptors (Lipinski definition) is 4. The third-order valence-corrected chi connectivity index (χ3v) is 4.27. The zero-order valence-electron chi connectivity index (χ0n) is 16.3. The quantitative estimate of drug-likeness (QED) is 0.326. The molecule has 5 nitrogen and oxygen atoms in total. The second kappa shape index (κ2) is 9.69. The number of aromatic nitrogens is 2. The lowest BCUT2D eigenvalue weighted by Crippen LogP contribution is -2.32. The van der Waals surface area contributed by atoms with Gasteiger partial charge in [-0.15, -0.1) is 0 Å². The molecule has 0 unspecified atom stereocenters. The molecule has 2 rings (SSSR count). The number of alkyl halides is 4. The summed E-state index contributed by atoms with van der Waals surface area (Å²) >= 11 is 0. The average Bonchev–Trinajstić information content (AvgIpc) is 3.06. The number of methoxy groups -OCH3 is 1. The van der Waals surface area contributed by atoms with E-state index in [0.29, 0.717) is 29.0 Å². The van der Waals surface area contributed by atoms with Crippen molar-refractivity contribution in [3.8, 4) is 5.75 Å². The van der Waals surface area contributed by atoms with Crippen molar-refractivity contribution in [2.24, 2.45) is 0 Å². The molecule has 0 saturated carbocycles. The van der Waals surface area contributed by atoms with E-state index in [1.165, 1.54) is 19.4 Å². The number of ether oxygens (including phenoxy) is 2. The van der Waals surface area contributed by atoms with E-state index in [2.05, 4.69) is 5.10 Å². The first-order valence-corrected chi connectivity index (χ1v) is 8.85. The highest BCUT2D eigenvalue weighted by Crippen LogP contribution is 2.26. The Labute approximate surface area is 165 Å². The maximum atomic E-state index is 13.0. The number of hydrogen-bond donors (Lipinski definition) is 0. The maximum Gasteiger partial charge on any atom is 0.330 e. The molecule has 1 aromatic heterocycles. The van der Waals surface area contributed by atoms with Crippen LogP contribution in [0.25, 0.3) is 6.08 Å². The van der Waals surface area contributed by atoms with Crippen LogP contribution in [0.1, 0.15) is 34.1 Å². The van der Waals surface area contributed by atoms with Crippen LogP contribution in [0.2, 0.25) is 0 Å². The van der Waals surface area contributed by atoms with Gasteiger partial charge < -0.3 is 9.47 Å². The van der Waals surface area contributed by atoms with Gasteiger partial charge in [-0.25, -0.2) is 8.78 Å². The standard InChI is InChI=1S/C20H22F4N2O3/c1-4-26-13(2)16(10-25-26)17(27)7-5-14-6-8-18(28-3)15(9-14)11-29-12-20(23,24)19(21)22/h5-10,19H,4,11-12H2,1-3H3/b7-5+. The number of carbonyl (C=O) groups is 1. The van der Waals surface area contributed by atoms with Gasteiger partial charge in [-0.1, -0.05) is 12.1 Å². The third kappa shape index (κ3) is 5.66. The van der Waals surface area contributed by atoms with Crippen molar-refractivity contribution in [1.82, 2.24) is 9.78 Å². The highest BCUT2D eigenvalue weighted by Gasteiger charge is 2.40. The Balaban J connectivity index is 2.11. The highest BCUT2D eigenvalue weighted by molar-refractivity contribution is 6.07.